The quantitative estimate of drug-likeness (QED) is 0.243. The minimum absolute atomic E-state index is 0.0428. The number of carbonyl (C=O) groups excluding carboxylic acids is 1. The molecule has 1 aromatic heterocycles. The molecule has 0 saturated carbocycles. The molecule has 0 aliphatic heterocycles. The highest BCUT2D eigenvalue weighted by Crippen LogP contribution is 2.21. The first-order chi connectivity index (χ1) is 18.8. The van der Waals surface area contributed by atoms with Crippen molar-refractivity contribution in [1.29, 1.82) is 0 Å². The summed E-state index contributed by atoms with van der Waals surface area (Å²) in [6.45, 7) is 0.0990. The summed E-state index contributed by atoms with van der Waals surface area (Å²) in [6.07, 6.45) is 2.62. The second kappa shape index (κ2) is 13.2. The van der Waals surface area contributed by atoms with Crippen LogP contribution < -0.4 is 4.90 Å². The van der Waals surface area contributed by atoms with E-state index < -0.39 is 18.4 Å². The molecule has 200 valence electrons. The average Bonchev–Trinajstić information content (AvgIpc) is 2.93. The van der Waals surface area contributed by atoms with Crippen LogP contribution in [-0.2, 0) is 30.7 Å². The van der Waals surface area contributed by atoms with Gasteiger partial charge in [-0.2, -0.15) is 0 Å². The molecule has 4 aromatic rings. The second-order valence-electron chi connectivity index (χ2n) is 9.14. The highest BCUT2D eigenvalue weighted by Gasteiger charge is 2.24. The number of anilines is 1. The number of halogens is 2. The Morgan fingerprint density at radius 2 is 1.54 bits per heavy atom. The lowest BCUT2D eigenvalue weighted by Gasteiger charge is -2.23. The predicted molar refractivity (Wildman–Crippen MR) is 153 cm³/mol. The Kier molecular flexibility index (Phi) is 9.52. The topological polar surface area (TPSA) is 86.6 Å². The number of aromatic nitrogens is 2. The van der Waals surface area contributed by atoms with Gasteiger partial charge in [0, 0.05) is 36.4 Å². The molecule has 9 heteroatoms. The Morgan fingerprint density at radius 1 is 0.846 bits per heavy atom. The van der Waals surface area contributed by atoms with Crippen LogP contribution in [0.25, 0.3) is 0 Å². The molecule has 0 aliphatic rings. The number of benzene rings is 3. The minimum Gasteiger partial charge on any atom is -0.480 e. The van der Waals surface area contributed by atoms with E-state index in [1.165, 1.54) is 11.1 Å². The van der Waals surface area contributed by atoms with Crippen LogP contribution >= 0.6 is 23.2 Å². The van der Waals surface area contributed by atoms with Crippen LogP contribution in [0, 0.1) is 0 Å². The Hall–Kier alpha value is -3.94. The largest absolute Gasteiger partial charge is 0.480 e. The van der Waals surface area contributed by atoms with Crippen LogP contribution in [0.5, 0.6) is 0 Å². The van der Waals surface area contributed by atoms with Gasteiger partial charge in [0.2, 0.25) is 5.95 Å². The maximum Gasteiger partial charge on any atom is 0.323 e. The van der Waals surface area contributed by atoms with E-state index in [2.05, 4.69) is 4.98 Å². The normalized spacial score (nSPS) is 10.7. The van der Waals surface area contributed by atoms with Gasteiger partial charge in [-0.25, -0.2) is 9.97 Å². The molecule has 1 heterocycles. The van der Waals surface area contributed by atoms with E-state index in [-0.39, 0.29) is 12.1 Å². The van der Waals surface area contributed by atoms with Gasteiger partial charge in [0.25, 0.3) is 5.91 Å². The number of aliphatic carboxylic acids is 1. The van der Waals surface area contributed by atoms with E-state index in [0.29, 0.717) is 46.6 Å². The summed E-state index contributed by atoms with van der Waals surface area (Å²) in [5, 5.41) is 10.7. The summed E-state index contributed by atoms with van der Waals surface area (Å²) in [7, 11) is 1.88. The Balaban J connectivity index is 1.65. The molecule has 4 rings (SSSR count). The molecule has 0 atom stereocenters. The molecule has 3 aromatic carbocycles. The van der Waals surface area contributed by atoms with Gasteiger partial charge in [-0.1, -0.05) is 83.9 Å². The summed E-state index contributed by atoms with van der Waals surface area (Å²) < 4.78 is 0. The van der Waals surface area contributed by atoms with Crippen molar-refractivity contribution in [3.8, 4) is 0 Å². The SMILES string of the molecule is CN(Cc1ccc(Cl)cc1)c1ncc(C(=O)N(CC(=O)O)Cc2ccccc2Cl)c(CCc2ccccc2)n1. The van der Waals surface area contributed by atoms with Crippen molar-refractivity contribution in [2.24, 2.45) is 0 Å². The van der Waals surface area contributed by atoms with Gasteiger partial charge in [0.05, 0.1) is 11.3 Å². The van der Waals surface area contributed by atoms with E-state index in [0.717, 1.165) is 11.1 Å². The van der Waals surface area contributed by atoms with E-state index in [9.17, 15) is 14.7 Å². The van der Waals surface area contributed by atoms with Crippen LogP contribution in [0.2, 0.25) is 10.0 Å². The van der Waals surface area contributed by atoms with Gasteiger partial charge in [0.1, 0.15) is 6.54 Å². The number of carbonyl (C=O) groups is 2. The number of carboxylic acids is 1. The predicted octanol–water partition coefficient (Wildman–Crippen LogP) is 5.93. The fourth-order valence-corrected chi connectivity index (χ4v) is 4.49. The standard InChI is InChI=1S/C30H28Cl2N4O3/c1-35(18-22-11-14-24(31)15-12-22)30-33-17-25(27(34-30)16-13-21-7-3-2-4-8-21)29(39)36(20-28(37)38)19-23-9-5-6-10-26(23)32/h2-12,14-15,17H,13,16,18-20H2,1H3,(H,37,38). The zero-order valence-electron chi connectivity index (χ0n) is 21.4. The lowest BCUT2D eigenvalue weighted by molar-refractivity contribution is -0.137. The van der Waals surface area contributed by atoms with Gasteiger partial charge in [-0.3, -0.25) is 9.59 Å². The summed E-state index contributed by atoms with van der Waals surface area (Å²) in [4.78, 5) is 37.8. The summed E-state index contributed by atoms with van der Waals surface area (Å²) >= 11 is 12.3. The molecule has 7 nitrogen and oxygen atoms in total. The number of aryl methyl sites for hydroxylation is 2. The molecule has 0 bridgehead atoms. The van der Waals surface area contributed by atoms with E-state index >= 15 is 0 Å². The van der Waals surface area contributed by atoms with Gasteiger partial charge < -0.3 is 14.9 Å². The minimum atomic E-state index is -1.12. The zero-order valence-corrected chi connectivity index (χ0v) is 22.9. The summed E-state index contributed by atoms with van der Waals surface area (Å²) in [5.41, 5.74) is 3.60. The smallest absolute Gasteiger partial charge is 0.323 e. The van der Waals surface area contributed by atoms with E-state index in [1.807, 2.05) is 66.5 Å². The van der Waals surface area contributed by atoms with E-state index in [4.69, 9.17) is 28.2 Å². The number of carboxylic acid groups (broad SMARTS) is 1. The third-order valence-corrected chi connectivity index (χ3v) is 6.81. The van der Waals surface area contributed by atoms with Crippen LogP contribution in [0.1, 0.15) is 32.7 Å². The molecule has 39 heavy (non-hydrogen) atoms. The fourth-order valence-electron chi connectivity index (χ4n) is 4.17. The molecular weight excluding hydrogens is 535 g/mol. The lowest BCUT2D eigenvalue weighted by atomic mass is 10.0. The molecule has 0 fully saturated rings. The molecular formula is C30H28Cl2N4O3. The first-order valence-corrected chi connectivity index (χ1v) is 13.2. The highest BCUT2D eigenvalue weighted by atomic mass is 35.5. The fraction of sp³-hybridized carbons (Fsp3) is 0.200. The zero-order chi connectivity index (χ0) is 27.8. The van der Waals surface area contributed by atoms with Crippen molar-refractivity contribution in [2.45, 2.75) is 25.9 Å². The maximum absolute atomic E-state index is 13.7. The number of rotatable bonds is 11. The van der Waals surface area contributed by atoms with Crippen molar-refractivity contribution < 1.29 is 14.7 Å². The molecule has 0 unspecified atom stereocenters. The Morgan fingerprint density at radius 3 is 2.23 bits per heavy atom. The van der Waals surface area contributed by atoms with Crippen LogP contribution in [0.4, 0.5) is 5.95 Å². The van der Waals surface area contributed by atoms with Gasteiger partial charge in [-0.05, 0) is 47.7 Å². The first kappa shape index (κ1) is 28.1. The van der Waals surface area contributed by atoms with Crippen molar-refractivity contribution in [2.75, 3.05) is 18.5 Å². The number of amides is 1. The summed E-state index contributed by atoms with van der Waals surface area (Å²) in [5.74, 6) is -1.13. The Bertz CT molecular complexity index is 1430. The third kappa shape index (κ3) is 7.78. The second-order valence-corrected chi connectivity index (χ2v) is 9.99. The number of hydrogen-bond acceptors (Lipinski definition) is 5. The summed E-state index contributed by atoms with van der Waals surface area (Å²) in [6, 6.07) is 24.5. The molecule has 1 N–H and O–H groups in total. The van der Waals surface area contributed by atoms with Crippen LogP contribution in [0.15, 0.2) is 85.1 Å². The maximum atomic E-state index is 13.7. The molecule has 0 radical (unpaired) electrons. The molecule has 0 aliphatic carbocycles. The van der Waals surface area contributed by atoms with Crippen molar-refractivity contribution in [3.63, 3.8) is 0 Å². The van der Waals surface area contributed by atoms with Gasteiger partial charge in [-0.15, -0.1) is 0 Å². The average molecular weight is 563 g/mol. The van der Waals surface area contributed by atoms with Gasteiger partial charge in [0.15, 0.2) is 0 Å². The van der Waals surface area contributed by atoms with E-state index in [1.54, 1.807) is 24.3 Å². The monoisotopic (exact) mass is 562 g/mol. The molecule has 1 amide bonds. The van der Waals surface area contributed by atoms with Crippen molar-refractivity contribution in [1.82, 2.24) is 14.9 Å². The lowest BCUT2D eigenvalue weighted by Crippen LogP contribution is -2.36. The molecule has 0 saturated heterocycles. The first-order valence-electron chi connectivity index (χ1n) is 12.4. The van der Waals surface area contributed by atoms with Crippen molar-refractivity contribution >= 4 is 41.0 Å². The van der Waals surface area contributed by atoms with Gasteiger partial charge >= 0.3 is 5.97 Å². The number of hydrogen-bond donors (Lipinski definition) is 1. The highest BCUT2D eigenvalue weighted by molar-refractivity contribution is 6.31. The van der Waals surface area contributed by atoms with Crippen molar-refractivity contribution in [3.05, 3.63) is 123 Å². The Labute approximate surface area is 237 Å². The number of nitrogens with zero attached hydrogens (tertiary/aromatic N) is 4. The van der Waals surface area contributed by atoms with Crippen LogP contribution in [-0.4, -0.2) is 45.4 Å². The third-order valence-electron chi connectivity index (χ3n) is 6.19. The van der Waals surface area contributed by atoms with Crippen LogP contribution in [0.3, 0.4) is 0 Å². The molecule has 0 spiro atoms.